The molecule has 4 heterocycles. The van der Waals surface area contributed by atoms with Gasteiger partial charge >= 0.3 is 0 Å². The lowest BCUT2D eigenvalue weighted by Crippen LogP contribution is -2.42. The van der Waals surface area contributed by atoms with Crippen molar-refractivity contribution >= 4 is 11.8 Å². The summed E-state index contributed by atoms with van der Waals surface area (Å²) in [5.74, 6) is -3.22. The minimum absolute atomic E-state index is 0.0206. The van der Waals surface area contributed by atoms with Crippen LogP contribution in [0.4, 0.5) is 8.78 Å². The molecule has 2 aromatic rings. The van der Waals surface area contributed by atoms with E-state index in [1.165, 1.54) is 0 Å². The number of hydrogen-bond donors (Lipinski definition) is 1. The SMILES string of the molecule is C[C@@H]1Cc2oc(C(=O)NC[C@@H]3CCCO3)c(C(C)(F)F)c2-c2nn(CC3CCN(C(=O)C4(C)CC4)CC3)cc21. The molecule has 2 amide bonds. The highest BCUT2D eigenvalue weighted by molar-refractivity contribution is 5.96. The Morgan fingerprint density at radius 2 is 1.97 bits per heavy atom. The highest BCUT2D eigenvalue weighted by Gasteiger charge is 2.47. The van der Waals surface area contributed by atoms with Crippen LogP contribution in [0.25, 0.3) is 11.3 Å². The number of nitrogens with zero attached hydrogens (tertiary/aromatic N) is 3. The molecule has 1 N–H and O–H groups in total. The molecule has 2 saturated heterocycles. The number of rotatable bonds is 7. The average Bonchev–Trinajstić information content (AvgIpc) is 3.28. The number of nitrogens with one attached hydrogen (secondary N) is 1. The van der Waals surface area contributed by atoms with Crippen LogP contribution in [0.5, 0.6) is 0 Å². The van der Waals surface area contributed by atoms with Crippen molar-refractivity contribution in [1.29, 1.82) is 0 Å². The van der Waals surface area contributed by atoms with Gasteiger partial charge in [-0.05, 0) is 50.4 Å². The lowest BCUT2D eigenvalue weighted by atomic mass is 9.85. The zero-order valence-corrected chi connectivity index (χ0v) is 23.0. The topological polar surface area (TPSA) is 89.6 Å². The van der Waals surface area contributed by atoms with Gasteiger partial charge in [0, 0.05) is 63.3 Å². The second kappa shape index (κ2) is 9.71. The molecule has 3 fully saturated rings. The van der Waals surface area contributed by atoms with Gasteiger partial charge in [-0.15, -0.1) is 0 Å². The number of piperidine rings is 1. The second-order valence-corrected chi connectivity index (χ2v) is 12.4. The molecule has 0 aromatic carbocycles. The summed E-state index contributed by atoms with van der Waals surface area (Å²) >= 11 is 0. The Bertz CT molecular complexity index is 1260. The highest BCUT2D eigenvalue weighted by Crippen LogP contribution is 2.49. The number of carbonyl (C=O) groups is 2. The summed E-state index contributed by atoms with van der Waals surface area (Å²) in [5.41, 5.74) is 1.10. The van der Waals surface area contributed by atoms with Gasteiger partial charge in [-0.3, -0.25) is 14.3 Å². The molecule has 0 spiro atoms. The zero-order valence-electron chi connectivity index (χ0n) is 23.0. The van der Waals surface area contributed by atoms with Crippen LogP contribution in [0.1, 0.15) is 92.7 Å². The van der Waals surface area contributed by atoms with E-state index in [2.05, 4.69) is 5.32 Å². The molecule has 6 rings (SSSR count). The molecule has 0 radical (unpaired) electrons. The first-order valence-corrected chi connectivity index (χ1v) is 14.3. The van der Waals surface area contributed by atoms with Crippen LogP contribution in [-0.2, 0) is 28.4 Å². The minimum Gasteiger partial charge on any atom is -0.455 e. The summed E-state index contributed by atoms with van der Waals surface area (Å²) in [6.07, 6.45) is 7.80. The molecule has 212 valence electrons. The van der Waals surface area contributed by atoms with Crippen LogP contribution in [0, 0.1) is 11.3 Å². The average molecular weight is 545 g/mol. The molecule has 2 atom stereocenters. The van der Waals surface area contributed by atoms with Crippen LogP contribution < -0.4 is 5.32 Å². The quantitative estimate of drug-likeness (QED) is 0.538. The number of furan rings is 1. The zero-order chi connectivity index (χ0) is 27.5. The number of ether oxygens (including phenoxy) is 1. The highest BCUT2D eigenvalue weighted by atomic mass is 19.3. The molecule has 2 aromatic heterocycles. The number of fused-ring (bicyclic) bond motifs is 3. The Kier molecular flexibility index (Phi) is 6.59. The van der Waals surface area contributed by atoms with Gasteiger partial charge in [0.2, 0.25) is 11.7 Å². The molecule has 1 saturated carbocycles. The van der Waals surface area contributed by atoms with Crippen molar-refractivity contribution in [3.05, 3.63) is 28.8 Å². The van der Waals surface area contributed by atoms with Gasteiger partial charge < -0.3 is 19.4 Å². The van der Waals surface area contributed by atoms with Gasteiger partial charge in [0.15, 0.2) is 0 Å². The van der Waals surface area contributed by atoms with E-state index in [0.717, 1.165) is 64.1 Å². The van der Waals surface area contributed by atoms with E-state index in [0.29, 0.717) is 36.9 Å². The summed E-state index contributed by atoms with van der Waals surface area (Å²) in [6, 6.07) is 0. The molecule has 2 aliphatic carbocycles. The van der Waals surface area contributed by atoms with Crippen molar-refractivity contribution in [1.82, 2.24) is 20.0 Å². The Morgan fingerprint density at radius 1 is 1.23 bits per heavy atom. The third-order valence-corrected chi connectivity index (χ3v) is 9.05. The monoisotopic (exact) mass is 544 g/mol. The van der Waals surface area contributed by atoms with E-state index in [1.807, 2.05) is 29.6 Å². The number of halogens is 2. The van der Waals surface area contributed by atoms with Crippen molar-refractivity contribution in [2.24, 2.45) is 11.3 Å². The molecule has 2 aliphatic heterocycles. The van der Waals surface area contributed by atoms with Gasteiger partial charge in [-0.25, -0.2) is 8.78 Å². The summed E-state index contributed by atoms with van der Waals surface area (Å²) in [4.78, 5) is 27.7. The standard InChI is InChI=1S/C29H38F2N4O4/c1-17-13-21-22(23(29(3,30)31)25(39-21)26(36)32-14-19-5-4-12-38-19)24-20(17)16-35(33-24)15-18-6-10-34(11-7-18)27(37)28(2)8-9-28/h16-19H,4-15H2,1-3H3,(H,32,36)/t17-,19+/m1/s1. The van der Waals surface area contributed by atoms with Gasteiger partial charge in [0.05, 0.1) is 22.9 Å². The normalized spacial score (nSPS) is 24.4. The van der Waals surface area contributed by atoms with Gasteiger partial charge in [-0.2, -0.15) is 5.10 Å². The maximum absolute atomic E-state index is 15.1. The van der Waals surface area contributed by atoms with Crippen LogP contribution in [-0.4, -0.2) is 58.8 Å². The molecule has 0 bridgehead atoms. The largest absolute Gasteiger partial charge is 0.455 e. The van der Waals surface area contributed by atoms with Crippen LogP contribution in [0.2, 0.25) is 0 Å². The van der Waals surface area contributed by atoms with Gasteiger partial charge in [-0.1, -0.05) is 13.8 Å². The number of amides is 2. The third kappa shape index (κ3) is 5.00. The summed E-state index contributed by atoms with van der Waals surface area (Å²) < 4.78 is 43.4. The van der Waals surface area contributed by atoms with Crippen LogP contribution in [0.3, 0.4) is 0 Å². The molecule has 4 aliphatic rings. The summed E-state index contributed by atoms with van der Waals surface area (Å²) in [6.45, 7) is 7.96. The van der Waals surface area contributed by atoms with E-state index >= 15 is 8.78 Å². The van der Waals surface area contributed by atoms with E-state index in [1.54, 1.807) is 0 Å². The second-order valence-electron chi connectivity index (χ2n) is 12.4. The number of hydrogen-bond acceptors (Lipinski definition) is 5. The lowest BCUT2D eigenvalue weighted by Gasteiger charge is -2.33. The smallest absolute Gasteiger partial charge is 0.287 e. The fraction of sp³-hybridized carbons (Fsp3) is 0.690. The van der Waals surface area contributed by atoms with Crippen molar-refractivity contribution < 1.29 is 27.5 Å². The summed E-state index contributed by atoms with van der Waals surface area (Å²) in [7, 11) is 0. The first-order valence-electron chi connectivity index (χ1n) is 14.3. The fourth-order valence-electron chi connectivity index (χ4n) is 6.38. The van der Waals surface area contributed by atoms with Crippen molar-refractivity contribution in [3.63, 3.8) is 0 Å². The lowest BCUT2D eigenvalue weighted by molar-refractivity contribution is -0.137. The Hall–Kier alpha value is -2.75. The Morgan fingerprint density at radius 3 is 2.62 bits per heavy atom. The molecule has 39 heavy (non-hydrogen) atoms. The van der Waals surface area contributed by atoms with Crippen molar-refractivity contribution in [2.75, 3.05) is 26.2 Å². The molecular weight excluding hydrogens is 506 g/mol. The van der Waals surface area contributed by atoms with Crippen molar-refractivity contribution in [2.45, 2.75) is 90.2 Å². The Labute approximate surface area is 227 Å². The first kappa shape index (κ1) is 26.5. The van der Waals surface area contributed by atoms with Gasteiger partial charge in [0.1, 0.15) is 5.76 Å². The van der Waals surface area contributed by atoms with Crippen LogP contribution in [0.15, 0.2) is 10.6 Å². The van der Waals surface area contributed by atoms with Crippen molar-refractivity contribution in [3.8, 4) is 11.3 Å². The van der Waals surface area contributed by atoms with Gasteiger partial charge in [0.25, 0.3) is 11.8 Å². The maximum Gasteiger partial charge on any atom is 0.287 e. The van der Waals surface area contributed by atoms with E-state index in [4.69, 9.17) is 14.3 Å². The number of alkyl halides is 2. The Balaban J connectivity index is 1.22. The fourth-order valence-corrected chi connectivity index (χ4v) is 6.38. The predicted molar refractivity (Wildman–Crippen MR) is 140 cm³/mol. The molecule has 10 heteroatoms. The molecule has 8 nitrogen and oxygen atoms in total. The van der Waals surface area contributed by atoms with E-state index in [9.17, 15) is 9.59 Å². The number of carbonyl (C=O) groups excluding carboxylic acids is 2. The van der Waals surface area contributed by atoms with Crippen LogP contribution >= 0.6 is 0 Å². The molecule has 0 unspecified atom stereocenters. The summed E-state index contributed by atoms with van der Waals surface area (Å²) in [5, 5.41) is 7.52. The molecular formula is C29H38F2N4O4. The first-order chi connectivity index (χ1) is 18.5. The van der Waals surface area contributed by atoms with E-state index < -0.39 is 11.8 Å². The maximum atomic E-state index is 15.1. The van der Waals surface area contributed by atoms with E-state index in [-0.39, 0.29) is 46.8 Å². The predicted octanol–water partition coefficient (Wildman–Crippen LogP) is 4.86. The number of aromatic nitrogens is 2. The third-order valence-electron chi connectivity index (χ3n) is 9.05. The minimum atomic E-state index is -3.28. The number of likely N-dealkylation sites (tertiary alicyclic amines) is 1.